The highest BCUT2D eigenvalue weighted by Crippen LogP contribution is 2.49. The van der Waals surface area contributed by atoms with Gasteiger partial charge in [-0.15, -0.1) is 0 Å². The third-order valence-corrected chi connectivity index (χ3v) is 6.57. The number of rotatable bonds is 3. The molecule has 0 aromatic heterocycles. The highest BCUT2D eigenvalue weighted by molar-refractivity contribution is 6.30. The number of ether oxygens (including phenoxy) is 1. The fourth-order valence-corrected chi connectivity index (χ4v) is 5.00. The Morgan fingerprint density at radius 1 is 0.906 bits per heavy atom. The van der Waals surface area contributed by atoms with Crippen LogP contribution in [0.5, 0.6) is 0 Å². The summed E-state index contributed by atoms with van der Waals surface area (Å²) in [6.45, 7) is 0.289. The summed E-state index contributed by atoms with van der Waals surface area (Å²) in [6, 6.07) is 25.1. The van der Waals surface area contributed by atoms with Crippen molar-refractivity contribution in [2.24, 2.45) is 0 Å². The van der Waals surface area contributed by atoms with Crippen molar-refractivity contribution in [1.29, 1.82) is 0 Å². The Balaban J connectivity index is 1.70. The maximum absolute atomic E-state index is 13.4. The van der Waals surface area contributed by atoms with Crippen molar-refractivity contribution >= 4 is 23.8 Å². The van der Waals surface area contributed by atoms with Crippen LogP contribution in [0.2, 0.25) is 5.02 Å². The Hall–Kier alpha value is -3.51. The van der Waals surface area contributed by atoms with E-state index in [2.05, 4.69) is 0 Å². The standard InChI is InChI=1S/C25H21ClN2O4/c26-20-13-11-17(12-14-20)21-15-27(23(29)30)16-22-25(32-24(31)28(21)22,18-7-3-1-4-8-18)19-9-5-2-6-10-19/h1-14,21-22H,15-16H2,(H,29,30). The first kappa shape index (κ1) is 20.4. The minimum atomic E-state index is -1.14. The van der Waals surface area contributed by atoms with Gasteiger partial charge in [0.05, 0.1) is 6.04 Å². The normalized spacial score (nSPS) is 21.7. The topological polar surface area (TPSA) is 70.1 Å². The molecule has 0 bridgehead atoms. The number of carbonyl (C=O) groups excluding carboxylic acids is 1. The van der Waals surface area contributed by atoms with Crippen molar-refractivity contribution in [3.8, 4) is 0 Å². The van der Waals surface area contributed by atoms with E-state index >= 15 is 0 Å². The van der Waals surface area contributed by atoms with Gasteiger partial charge < -0.3 is 14.7 Å². The van der Waals surface area contributed by atoms with Crippen molar-refractivity contribution in [3.05, 3.63) is 107 Å². The average molecular weight is 449 g/mol. The maximum Gasteiger partial charge on any atom is 0.412 e. The molecule has 5 rings (SSSR count). The van der Waals surface area contributed by atoms with Crippen LogP contribution in [0.25, 0.3) is 0 Å². The molecule has 2 fully saturated rings. The van der Waals surface area contributed by atoms with E-state index in [9.17, 15) is 14.7 Å². The SMILES string of the molecule is O=C(O)N1CC(c2ccc(Cl)cc2)N2C(=O)OC(c3ccccc3)(c3ccccc3)C2C1. The summed E-state index contributed by atoms with van der Waals surface area (Å²) in [5, 5.41) is 10.5. The van der Waals surface area contributed by atoms with E-state index in [1.807, 2.05) is 72.8 Å². The molecular weight excluding hydrogens is 428 g/mol. The number of hydrogen-bond acceptors (Lipinski definition) is 3. The number of nitrogens with zero attached hydrogens (tertiary/aromatic N) is 2. The van der Waals surface area contributed by atoms with Crippen molar-refractivity contribution < 1.29 is 19.4 Å². The molecule has 2 aliphatic rings. The molecule has 3 aromatic carbocycles. The summed E-state index contributed by atoms with van der Waals surface area (Å²) in [5.41, 5.74) is 1.26. The molecule has 0 spiro atoms. The number of carboxylic acid groups (broad SMARTS) is 1. The second kappa shape index (κ2) is 7.88. The Bertz CT molecular complexity index is 1100. The van der Waals surface area contributed by atoms with Gasteiger partial charge in [0.1, 0.15) is 6.04 Å². The van der Waals surface area contributed by atoms with Crippen molar-refractivity contribution in [2.75, 3.05) is 13.1 Å². The molecule has 2 amide bonds. The molecule has 2 unspecified atom stereocenters. The number of carbonyl (C=O) groups is 2. The smallest absolute Gasteiger partial charge is 0.412 e. The van der Waals surface area contributed by atoms with E-state index in [0.29, 0.717) is 5.02 Å². The van der Waals surface area contributed by atoms with E-state index in [1.165, 1.54) is 4.90 Å². The summed E-state index contributed by atoms with van der Waals surface area (Å²) in [6.07, 6.45) is -1.49. The molecule has 162 valence electrons. The molecule has 1 N–H and O–H groups in total. The molecule has 32 heavy (non-hydrogen) atoms. The third kappa shape index (κ3) is 3.19. The van der Waals surface area contributed by atoms with Gasteiger partial charge in [0, 0.05) is 29.2 Å². The van der Waals surface area contributed by atoms with Gasteiger partial charge in [0.15, 0.2) is 5.60 Å². The van der Waals surface area contributed by atoms with E-state index < -0.39 is 29.9 Å². The number of fused-ring (bicyclic) bond motifs is 1. The van der Waals surface area contributed by atoms with Crippen LogP contribution in [0, 0.1) is 0 Å². The van der Waals surface area contributed by atoms with Gasteiger partial charge in [-0.3, -0.25) is 4.90 Å². The van der Waals surface area contributed by atoms with Crippen LogP contribution in [0.3, 0.4) is 0 Å². The summed E-state index contributed by atoms with van der Waals surface area (Å²) in [4.78, 5) is 28.6. The van der Waals surface area contributed by atoms with Gasteiger partial charge in [0.25, 0.3) is 0 Å². The maximum atomic E-state index is 13.4. The monoisotopic (exact) mass is 448 g/mol. The van der Waals surface area contributed by atoms with E-state index in [0.717, 1.165) is 16.7 Å². The summed E-state index contributed by atoms with van der Waals surface area (Å²) < 4.78 is 6.21. The molecule has 2 aliphatic heterocycles. The quantitative estimate of drug-likeness (QED) is 0.602. The lowest BCUT2D eigenvalue weighted by Crippen LogP contribution is -2.59. The molecule has 0 aliphatic carbocycles. The lowest BCUT2D eigenvalue weighted by atomic mass is 9.78. The average Bonchev–Trinajstić information content (AvgIpc) is 3.13. The molecule has 3 aromatic rings. The number of cyclic esters (lactones) is 1. The first-order chi connectivity index (χ1) is 15.5. The zero-order valence-corrected chi connectivity index (χ0v) is 17.9. The second-order valence-electron chi connectivity index (χ2n) is 8.01. The molecule has 2 atom stereocenters. The van der Waals surface area contributed by atoms with Crippen LogP contribution < -0.4 is 0 Å². The second-order valence-corrected chi connectivity index (χ2v) is 8.45. The first-order valence-corrected chi connectivity index (χ1v) is 10.7. The predicted molar refractivity (Wildman–Crippen MR) is 120 cm³/mol. The number of piperazine rings is 1. The summed E-state index contributed by atoms with van der Waals surface area (Å²) in [7, 11) is 0. The Labute approximate surface area is 190 Å². The van der Waals surface area contributed by atoms with Gasteiger partial charge in [-0.1, -0.05) is 84.4 Å². The van der Waals surface area contributed by atoms with Gasteiger partial charge in [0.2, 0.25) is 0 Å². The molecule has 7 heteroatoms. The number of amides is 2. The first-order valence-electron chi connectivity index (χ1n) is 10.4. The van der Waals surface area contributed by atoms with E-state index in [-0.39, 0.29) is 13.1 Å². The molecule has 6 nitrogen and oxygen atoms in total. The van der Waals surface area contributed by atoms with E-state index in [4.69, 9.17) is 16.3 Å². The van der Waals surface area contributed by atoms with Gasteiger partial charge in [-0.2, -0.15) is 0 Å². The van der Waals surface area contributed by atoms with Crippen LogP contribution in [-0.4, -0.2) is 46.2 Å². The fourth-order valence-electron chi connectivity index (χ4n) is 4.87. The van der Waals surface area contributed by atoms with Crippen LogP contribution in [0.1, 0.15) is 22.7 Å². The van der Waals surface area contributed by atoms with Crippen molar-refractivity contribution in [3.63, 3.8) is 0 Å². The van der Waals surface area contributed by atoms with Crippen LogP contribution in [0.4, 0.5) is 9.59 Å². The molecule has 2 saturated heterocycles. The number of halogens is 1. The summed E-state index contributed by atoms with van der Waals surface area (Å²) >= 11 is 6.07. The van der Waals surface area contributed by atoms with Crippen molar-refractivity contribution in [2.45, 2.75) is 17.7 Å². The van der Waals surface area contributed by atoms with Gasteiger partial charge >= 0.3 is 12.2 Å². The van der Waals surface area contributed by atoms with Crippen LogP contribution >= 0.6 is 11.6 Å². The molecule has 0 radical (unpaired) electrons. The highest BCUT2D eigenvalue weighted by atomic mass is 35.5. The Morgan fingerprint density at radius 3 is 2.00 bits per heavy atom. The molecule has 2 heterocycles. The van der Waals surface area contributed by atoms with E-state index in [1.54, 1.807) is 17.0 Å². The molecule has 0 saturated carbocycles. The van der Waals surface area contributed by atoms with Gasteiger partial charge in [-0.05, 0) is 17.7 Å². The number of hydrogen-bond donors (Lipinski definition) is 1. The zero-order valence-electron chi connectivity index (χ0n) is 17.1. The van der Waals surface area contributed by atoms with Crippen molar-refractivity contribution in [1.82, 2.24) is 9.80 Å². The minimum absolute atomic E-state index is 0.134. The third-order valence-electron chi connectivity index (χ3n) is 6.32. The molecular formula is C25H21ClN2O4. The lowest BCUT2D eigenvalue weighted by molar-refractivity contribution is 0.0281. The van der Waals surface area contributed by atoms with Crippen LogP contribution in [-0.2, 0) is 10.3 Å². The Kier molecular flexibility index (Phi) is 5.02. The zero-order chi connectivity index (χ0) is 22.3. The Morgan fingerprint density at radius 2 is 1.47 bits per heavy atom. The highest BCUT2D eigenvalue weighted by Gasteiger charge is 2.60. The predicted octanol–water partition coefficient (Wildman–Crippen LogP) is 5.14. The fraction of sp³-hybridized carbons (Fsp3) is 0.200. The van der Waals surface area contributed by atoms with Gasteiger partial charge in [-0.25, -0.2) is 9.59 Å². The minimum Gasteiger partial charge on any atom is -0.465 e. The number of benzene rings is 3. The van der Waals surface area contributed by atoms with Crippen LogP contribution in [0.15, 0.2) is 84.9 Å². The largest absolute Gasteiger partial charge is 0.465 e. The lowest BCUT2D eigenvalue weighted by Gasteiger charge is -2.45. The summed E-state index contributed by atoms with van der Waals surface area (Å²) in [5.74, 6) is 0.